The van der Waals surface area contributed by atoms with Crippen LogP contribution in [0.1, 0.15) is 51.9 Å². The van der Waals surface area contributed by atoms with Gasteiger partial charge in [0.1, 0.15) is 0 Å². The van der Waals surface area contributed by atoms with E-state index in [1.165, 1.54) is 32.1 Å². The van der Waals surface area contributed by atoms with Gasteiger partial charge in [0.05, 0.1) is 0 Å². The fourth-order valence-electron chi connectivity index (χ4n) is 1.10. The Bertz CT molecular complexity index is 100.0. The largest absolute Gasteiger partial charge is 2.00 e. The summed E-state index contributed by atoms with van der Waals surface area (Å²) in [6.45, 7) is 1.80. The summed E-state index contributed by atoms with van der Waals surface area (Å²) in [6, 6.07) is 0. The normalized spacial score (nSPS) is 14.8. The smallest absolute Gasteiger partial charge is 0.550 e. The molecule has 0 aliphatic heterocycles. The van der Waals surface area contributed by atoms with Gasteiger partial charge in [0.25, 0.3) is 0 Å². The molecule has 1 fully saturated rings. The fourth-order valence-corrected chi connectivity index (χ4v) is 1.10. The predicted molar refractivity (Wildman–Crippen MR) is 47.3 cm³/mol. The Kier molecular flexibility index (Phi) is 14.2. The summed E-state index contributed by atoms with van der Waals surface area (Å²) in [5.74, 6) is -0.961. The van der Waals surface area contributed by atoms with Crippen LogP contribution in [0.4, 0.5) is 0 Å². The Morgan fingerprint density at radius 1 is 1.31 bits per heavy atom. The molecule has 0 amide bonds. The summed E-state index contributed by atoms with van der Waals surface area (Å²) < 4.78 is 0. The number of rotatable bonds is 2. The third kappa shape index (κ3) is 14.8. The van der Waals surface area contributed by atoms with Gasteiger partial charge in [-0.1, -0.05) is 32.6 Å². The van der Waals surface area contributed by atoms with Gasteiger partial charge in [-0.2, -0.15) is 12.8 Å². The summed E-state index contributed by atoms with van der Waals surface area (Å²) in [5, 5.41) is 9.49. The van der Waals surface area contributed by atoms with E-state index in [0.717, 1.165) is 0 Å². The number of carbonyl (C=O) groups excluding carboxylic acids is 1. The maximum atomic E-state index is 9.49. The van der Waals surface area contributed by atoms with E-state index in [1.807, 2.05) is 0 Å². The fraction of sp³-hybridized carbons (Fsp3) is 0.800. The second-order valence-corrected chi connectivity index (χ2v) is 3.05. The Morgan fingerprint density at radius 2 is 1.85 bits per heavy atom. The first-order valence-corrected chi connectivity index (χ1v) is 4.79. The zero-order valence-electron chi connectivity index (χ0n) is 8.16. The number of hydrogen-bond acceptors (Lipinski definition) is 2. The molecule has 1 aliphatic carbocycles. The van der Waals surface area contributed by atoms with E-state index < -0.39 is 5.97 Å². The molecule has 3 heteroatoms. The second-order valence-electron chi connectivity index (χ2n) is 3.05. The molecule has 1 rings (SSSR count). The molecule has 0 aromatic rings. The molecule has 0 spiro atoms. The first-order valence-electron chi connectivity index (χ1n) is 4.79. The zero-order valence-corrected chi connectivity index (χ0v) is 9.15. The molecule has 0 atom stereocenters. The number of hydrogen-bond donors (Lipinski definition) is 0. The third-order valence-electron chi connectivity index (χ3n) is 1.77. The molecule has 0 unspecified atom stereocenters. The van der Waals surface area contributed by atoms with E-state index in [2.05, 4.69) is 6.42 Å². The second kappa shape index (κ2) is 12.0. The van der Waals surface area contributed by atoms with Gasteiger partial charge in [-0.3, -0.25) is 0 Å². The van der Waals surface area contributed by atoms with E-state index in [-0.39, 0.29) is 22.9 Å². The van der Waals surface area contributed by atoms with Gasteiger partial charge in [0, 0.05) is 5.97 Å². The maximum Gasteiger partial charge on any atom is 2.00 e. The topological polar surface area (TPSA) is 40.1 Å². The van der Waals surface area contributed by atoms with Gasteiger partial charge in [0.2, 0.25) is 0 Å². The maximum absolute atomic E-state index is 9.49. The van der Waals surface area contributed by atoms with Crippen LogP contribution in [0, 0.1) is 6.42 Å². The van der Waals surface area contributed by atoms with Crippen molar-refractivity contribution in [2.75, 3.05) is 0 Å². The van der Waals surface area contributed by atoms with Crippen LogP contribution in [0.5, 0.6) is 0 Å². The van der Waals surface area contributed by atoms with Crippen molar-refractivity contribution in [3.8, 4) is 0 Å². The van der Waals surface area contributed by atoms with Crippen molar-refractivity contribution in [3.05, 3.63) is 6.42 Å². The van der Waals surface area contributed by atoms with Crippen LogP contribution in [0.25, 0.3) is 0 Å². The van der Waals surface area contributed by atoms with Gasteiger partial charge in [-0.25, -0.2) is 0 Å². The molecule has 0 aromatic carbocycles. The van der Waals surface area contributed by atoms with Gasteiger partial charge in [-0.15, -0.1) is 0 Å². The van der Waals surface area contributed by atoms with Crippen molar-refractivity contribution >= 4 is 5.97 Å². The molecule has 0 aromatic heterocycles. The minimum atomic E-state index is -0.961. The molecule has 1 saturated carbocycles. The first kappa shape index (κ1) is 15.4. The zero-order chi connectivity index (χ0) is 9.23. The minimum Gasteiger partial charge on any atom is -0.550 e. The SMILES string of the molecule is CCCC(=O)[O-].[CH-]1CCCCC1.[Ni+2]. The van der Waals surface area contributed by atoms with Crippen LogP contribution >= 0.6 is 0 Å². The van der Waals surface area contributed by atoms with Gasteiger partial charge < -0.3 is 16.3 Å². The van der Waals surface area contributed by atoms with E-state index >= 15 is 0 Å². The van der Waals surface area contributed by atoms with E-state index in [0.29, 0.717) is 6.42 Å². The monoisotopic (exact) mass is 228 g/mol. The molecule has 0 N–H and O–H groups in total. The van der Waals surface area contributed by atoms with Crippen molar-refractivity contribution in [3.63, 3.8) is 0 Å². The molecule has 0 radical (unpaired) electrons. The molecule has 13 heavy (non-hydrogen) atoms. The third-order valence-corrected chi connectivity index (χ3v) is 1.77. The van der Waals surface area contributed by atoms with Crippen LogP contribution in [0.2, 0.25) is 0 Å². The van der Waals surface area contributed by atoms with Crippen LogP contribution < -0.4 is 5.11 Å². The summed E-state index contributed by atoms with van der Waals surface area (Å²) >= 11 is 0. The van der Waals surface area contributed by atoms with Crippen LogP contribution in [0.3, 0.4) is 0 Å². The van der Waals surface area contributed by atoms with Crippen LogP contribution in [-0.4, -0.2) is 5.97 Å². The number of carboxylic acids is 1. The van der Waals surface area contributed by atoms with Crippen molar-refractivity contribution in [1.29, 1.82) is 0 Å². The Morgan fingerprint density at radius 3 is 1.92 bits per heavy atom. The van der Waals surface area contributed by atoms with Gasteiger partial charge in [0.15, 0.2) is 0 Å². The quantitative estimate of drug-likeness (QED) is 0.533. The van der Waals surface area contributed by atoms with Crippen LogP contribution in [0.15, 0.2) is 0 Å². The Balaban J connectivity index is 0. The van der Waals surface area contributed by atoms with Gasteiger partial charge in [-0.05, 0) is 6.42 Å². The Labute approximate surface area is 91.0 Å². The average Bonchev–Trinajstić information content (AvgIpc) is 2.08. The van der Waals surface area contributed by atoms with Crippen molar-refractivity contribution < 1.29 is 26.4 Å². The minimum absolute atomic E-state index is 0. The molecule has 1 aliphatic rings. The molecular weight excluding hydrogens is 211 g/mol. The van der Waals surface area contributed by atoms with Crippen molar-refractivity contribution in [2.45, 2.75) is 51.9 Å². The predicted octanol–water partition coefficient (Wildman–Crippen LogP) is 1.69. The summed E-state index contributed by atoms with van der Waals surface area (Å²) in [4.78, 5) is 9.49. The van der Waals surface area contributed by atoms with Gasteiger partial charge >= 0.3 is 16.5 Å². The Hall–Kier alpha value is -0.0365. The number of aliphatic carboxylic acids is 1. The molecule has 80 valence electrons. The standard InChI is InChI=1S/C6H11.C4H8O2.Ni/c1-2-4-6-5-3-1;1-2-3-4(5)6;/h1H,2-6H2;2-3H2,1H3,(H,5,6);/q-1;;+2/p-1. The van der Waals surface area contributed by atoms with Crippen LogP contribution in [-0.2, 0) is 21.3 Å². The van der Waals surface area contributed by atoms with E-state index in [4.69, 9.17) is 0 Å². The van der Waals surface area contributed by atoms with E-state index in [9.17, 15) is 9.90 Å². The average molecular weight is 229 g/mol. The molecule has 0 bridgehead atoms. The number of carbonyl (C=O) groups is 1. The first-order chi connectivity index (χ1) is 5.77. The van der Waals surface area contributed by atoms with Crippen molar-refractivity contribution in [1.82, 2.24) is 0 Å². The van der Waals surface area contributed by atoms with E-state index in [1.54, 1.807) is 6.92 Å². The molecule has 0 heterocycles. The summed E-state index contributed by atoms with van der Waals surface area (Å²) in [7, 11) is 0. The molecular formula is C10H18NiO2. The summed E-state index contributed by atoms with van der Waals surface area (Å²) in [5.41, 5.74) is 0. The number of carboxylic acid groups (broad SMARTS) is 1. The summed E-state index contributed by atoms with van der Waals surface area (Å²) in [6.07, 6.45) is 10.3. The molecule has 0 saturated heterocycles. The van der Waals surface area contributed by atoms with Crippen molar-refractivity contribution in [2.24, 2.45) is 0 Å². The molecule has 2 nitrogen and oxygen atoms in total.